The Morgan fingerprint density at radius 3 is 2.33 bits per heavy atom. The van der Waals surface area contributed by atoms with Gasteiger partial charge in [-0.3, -0.25) is 4.79 Å². The van der Waals surface area contributed by atoms with Crippen LogP contribution in [0.1, 0.15) is 43.2 Å². The van der Waals surface area contributed by atoms with Crippen LogP contribution >= 0.6 is 23.2 Å². The first kappa shape index (κ1) is 21.5. The molecule has 2 aliphatic rings. The molecule has 1 aliphatic carbocycles. The number of rotatable bonds is 6. The third-order valence-corrected chi connectivity index (χ3v) is 6.91. The molecule has 1 saturated heterocycles. The van der Waals surface area contributed by atoms with Crippen molar-refractivity contribution in [1.82, 2.24) is 4.90 Å². The third-order valence-electron chi connectivity index (χ3n) is 6.23. The van der Waals surface area contributed by atoms with Crippen molar-refractivity contribution >= 4 is 29.1 Å². The Morgan fingerprint density at radius 2 is 1.67 bits per heavy atom. The van der Waals surface area contributed by atoms with E-state index in [4.69, 9.17) is 27.9 Å². The fourth-order valence-electron chi connectivity index (χ4n) is 4.51. The molecule has 0 bridgehead atoms. The van der Waals surface area contributed by atoms with Crippen molar-refractivity contribution in [1.29, 1.82) is 0 Å². The van der Waals surface area contributed by atoms with Crippen LogP contribution in [-0.2, 0) is 17.8 Å². The van der Waals surface area contributed by atoms with E-state index in [0.29, 0.717) is 41.7 Å². The minimum absolute atomic E-state index is 0.126. The molecule has 0 radical (unpaired) electrons. The van der Waals surface area contributed by atoms with Gasteiger partial charge in [-0.2, -0.15) is 0 Å². The lowest BCUT2D eigenvalue weighted by Crippen LogP contribution is -2.40. The molecule has 6 heteroatoms. The van der Waals surface area contributed by atoms with Gasteiger partial charge < -0.3 is 9.64 Å². The number of ether oxygens (including phenoxy) is 1. The van der Waals surface area contributed by atoms with Crippen molar-refractivity contribution < 1.29 is 13.9 Å². The van der Waals surface area contributed by atoms with Gasteiger partial charge in [0.1, 0.15) is 18.5 Å². The molecular weight excluding hydrogens is 424 g/mol. The van der Waals surface area contributed by atoms with Crippen LogP contribution < -0.4 is 4.74 Å². The van der Waals surface area contributed by atoms with Gasteiger partial charge in [0.15, 0.2) is 0 Å². The number of hydrogen-bond donors (Lipinski definition) is 0. The number of amides is 1. The molecular formula is C24H26Cl2FNO2. The Kier molecular flexibility index (Phi) is 6.84. The van der Waals surface area contributed by atoms with Crippen LogP contribution in [0, 0.1) is 5.92 Å². The van der Waals surface area contributed by atoms with E-state index in [1.807, 2.05) is 35.2 Å². The molecule has 2 aromatic rings. The number of carbonyl (C=O) groups excluding carboxylic acids is 1. The van der Waals surface area contributed by atoms with Crippen LogP contribution in [0.15, 0.2) is 42.5 Å². The normalized spacial score (nSPS) is 24.3. The molecule has 1 aliphatic heterocycles. The topological polar surface area (TPSA) is 29.5 Å². The average Bonchev–Trinajstić information content (AvgIpc) is 3.11. The fourth-order valence-corrected chi connectivity index (χ4v) is 5.13. The first-order valence-electron chi connectivity index (χ1n) is 10.6. The monoisotopic (exact) mass is 449 g/mol. The van der Waals surface area contributed by atoms with Gasteiger partial charge in [-0.15, -0.1) is 0 Å². The van der Waals surface area contributed by atoms with Crippen molar-refractivity contribution in [3.63, 3.8) is 0 Å². The molecule has 1 atom stereocenters. The minimum Gasteiger partial charge on any atom is -0.489 e. The molecule has 1 unspecified atom stereocenters. The number of nitrogens with zero attached hydrogens (tertiary/aromatic N) is 1. The van der Waals surface area contributed by atoms with E-state index < -0.39 is 6.17 Å². The van der Waals surface area contributed by atoms with Gasteiger partial charge in [-0.25, -0.2) is 4.39 Å². The lowest BCUT2D eigenvalue weighted by Gasteiger charge is -2.32. The van der Waals surface area contributed by atoms with Gasteiger partial charge in [0.25, 0.3) is 0 Å². The van der Waals surface area contributed by atoms with Gasteiger partial charge in [-0.05, 0) is 61.8 Å². The maximum absolute atomic E-state index is 13.4. The van der Waals surface area contributed by atoms with Crippen LogP contribution in [0.5, 0.6) is 5.75 Å². The maximum Gasteiger partial charge on any atom is 0.226 e. The Hall–Kier alpha value is -1.78. The SMILES string of the molecule is O=C1C(Cc2c(Cl)cc(OCc3ccccc3)cc2Cl)CCN1C1CCC(F)CC1. The van der Waals surface area contributed by atoms with Crippen molar-refractivity contribution in [2.45, 2.75) is 57.3 Å². The molecule has 3 nitrogen and oxygen atoms in total. The lowest BCUT2D eigenvalue weighted by molar-refractivity contribution is -0.133. The van der Waals surface area contributed by atoms with Crippen molar-refractivity contribution in [3.8, 4) is 5.75 Å². The Balaban J connectivity index is 1.39. The van der Waals surface area contributed by atoms with E-state index in [1.165, 1.54) is 0 Å². The van der Waals surface area contributed by atoms with E-state index in [0.717, 1.165) is 36.9 Å². The summed E-state index contributed by atoms with van der Waals surface area (Å²) in [4.78, 5) is 14.9. The fraction of sp³-hybridized carbons (Fsp3) is 0.458. The molecule has 1 saturated carbocycles. The molecule has 2 aromatic carbocycles. The molecule has 0 N–H and O–H groups in total. The summed E-state index contributed by atoms with van der Waals surface area (Å²) in [6.07, 6.45) is 3.22. The Morgan fingerprint density at radius 1 is 1.00 bits per heavy atom. The highest BCUT2D eigenvalue weighted by Crippen LogP contribution is 2.36. The van der Waals surface area contributed by atoms with Crippen molar-refractivity contribution in [3.05, 3.63) is 63.6 Å². The average molecular weight is 450 g/mol. The molecule has 2 fully saturated rings. The van der Waals surface area contributed by atoms with E-state index in [-0.39, 0.29) is 17.9 Å². The minimum atomic E-state index is -0.713. The van der Waals surface area contributed by atoms with Crippen LogP contribution in [-0.4, -0.2) is 29.6 Å². The van der Waals surface area contributed by atoms with Crippen LogP contribution in [0.3, 0.4) is 0 Å². The van der Waals surface area contributed by atoms with E-state index >= 15 is 0 Å². The summed E-state index contributed by atoms with van der Waals surface area (Å²) in [5.41, 5.74) is 1.85. The quantitative estimate of drug-likeness (QED) is 0.521. The van der Waals surface area contributed by atoms with Crippen LogP contribution in [0.2, 0.25) is 10.0 Å². The van der Waals surface area contributed by atoms with Gasteiger partial charge in [-0.1, -0.05) is 53.5 Å². The second-order valence-corrected chi connectivity index (χ2v) is 9.08. The molecule has 4 rings (SSSR count). The highest BCUT2D eigenvalue weighted by molar-refractivity contribution is 6.36. The lowest BCUT2D eigenvalue weighted by atomic mass is 9.92. The standard InChI is InChI=1S/C24H26Cl2FNO2/c25-22-13-20(30-15-16-4-2-1-3-5-16)14-23(26)21(22)12-17-10-11-28(24(17)29)19-8-6-18(27)7-9-19/h1-5,13-14,17-19H,6-12,15H2. The molecule has 0 spiro atoms. The maximum atomic E-state index is 13.4. The molecule has 1 amide bonds. The van der Waals surface area contributed by atoms with E-state index in [9.17, 15) is 9.18 Å². The zero-order chi connectivity index (χ0) is 21.1. The number of likely N-dealkylation sites (tertiary alicyclic amines) is 1. The number of benzene rings is 2. The summed E-state index contributed by atoms with van der Waals surface area (Å²) in [5, 5.41) is 1.05. The summed E-state index contributed by atoms with van der Waals surface area (Å²) in [5.74, 6) is 0.632. The van der Waals surface area contributed by atoms with Crippen LogP contribution in [0.25, 0.3) is 0 Å². The molecule has 1 heterocycles. The zero-order valence-corrected chi connectivity index (χ0v) is 18.3. The summed E-state index contributed by atoms with van der Waals surface area (Å²) in [6, 6.07) is 13.6. The number of alkyl halides is 1. The Bertz CT molecular complexity index is 861. The molecule has 30 heavy (non-hydrogen) atoms. The predicted molar refractivity (Wildman–Crippen MR) is 118 cm³/mol. The highest BCUT2D eigenvalue weighted by atomic mass is 35.5. The second-order valence-electron chi connectivity index (χ2n) is 8.27. The van der Waals surface area contributed by atoms with Crippen LogP contribution in [0.4, 0.5) is 4.39 Å². The summed E-state index contributed by atoms with van der Waals surface area (Å²) >= 11 is 13.0. The summed E-state index contributed by atoms with van der Waals surface area (Å²) in [7, 11) is 0. The highest BCUT2D eigenvalue weighted by Gasteiger charge is 2.37. The number of halogens is 3. The van der Waals surface area contributed by atoms with Gasteiger partial charge >= 0.3 is 0 Å². The molecule has 160 valence electrons. The number of hydrogen-bond acceptors (Lipinski definition) is 2. The predicted octanol–water partition coefficient (Wildman–Crippen LogP) is 6.24. The Labute approximate surface area is 187 Å². The largest absolute Gasteiger partial charge is 0.489 e. The van der Waals surface area contributed by atoms with Gasteiger partial charge in [0.05, 0.1) is 0 Å². The first-order valence-corrected chi connectivity index (χ1v) is 11.4. The summed E-state index contributed by atoms with van der Waals surface area (Å²) in [6.45, 7) is 1.17. The van der Waals surface area contributed by atoms with E-state index in [2.05, 4.69) is 0 Å². The first-order chi connectivity index (χ1) is 14.5. The third kappa shape index (κ3) is 4.92. The van der Waals surface area contributed by atoms with Crippen molar-refractivity contribution in [2.75, 3.05) is 6.54 Å². The smallest absolute Gasteiger partial charge is 0.226 e. The van der Waals surface area contributed by atoms with Gasteiger partial charge in [0.2, 0.25) is 5.91 Å². The number of carbonyl (C=O) groups is 1. The zero-order valence-electron chi connectivity index (χ0n) is 16.8. The summed E-state index contributed by atoms with van der Waals surface area (Å²) < 4.78 is 19.3. The van der Waals surface area contributed by atoms with Crippen molar-refractivity contribution in [2.24, 2.45) is 5.92 Å². The van der Waals surface area contributed by atoms with Gasteiger partial charge in [0, 0.05) is 28.5 Å². The second kappa shape index (κ2) is 9.57. The molecule has 0 aromatic heterocycles. The van der Waals surface area contributed by atoms with E-state index in [1.54, 1.807) is 12.1 Å².